The number of piperazine rings is 1. The van der Waals surface area contributed by atoms with Crippen LogP contribution >= 0.6 is 0 Å². The van der Waals surface area contributed by atoms with E-state index in [-0.39, 0.29) is 0 Å². The predicted octanol–water partition coefficient (Wildman–Crippen LogP) is 2.76. The van der Waals surface area contributed by atoms with Gasteiger partial charge in [0.2, 0.25) is 0 Å². The minimum atomic E-state index is 0.578. The second-order valence-electron chi connectivity index (χ2n) is 6.38. The van der Waals surface area contributed by atoms with Gasteiger partial charge in [-0.3, -0.25) is 0 Å². The van der Waals surface area contributed by atoms with Crippen LogP contribution in [0, 0.1) is 5.92 Å². The normalized spacial score (nSPS) is 26.9. The first-order valence-corrected chi connectivity index (χ1v) is 8.50. The van der Waals surface area contributed by atoms with Crippen LogP contribution in [0.5, 0.6) is 0 Å². The van der Waals surface area contributed by atoms with Crippen LogP contribution in [-0.2, 0) is 4.84 Å². The van der Waals surface area contributed by atoms with Gasteiger partial charge in [0.05, 0.1) is 5.71 Å². The highest BCUT2D eigenvalue weighted by Gasteiger charge is 2.19. The Hall–Kier alpha value is -0.870. The molecule has 21 heavy (non-hydrogen) atoms. The first kappa shape index (κ1) is 16.5. The third kappa shape index (κ3) is 5.79. The lowest BCUT2D eigenvalue weighted by Gasteiger charge is -2.32. The van der Waals surface area contributed by atoms with Gasteiger partial charge in [0, 0.05) is 38.6 Å². The highest BCUT2D eigenvalue weighted by molar-refractivity contribution is 5.87. The molecule has 0 aromatic rings. The van der Waals surface area contributed by atoms with Crippen molar-refractivity contribution in [2.75, 3.05) is 46.4 Å². The van der Waals surface area contributed by atoms with Gasteiger partial charge in [-0.25, -0.2) is 0 Å². The highest BCUT2D eigenvalue weighted by Crippen LogP contribution is 2.24. The molecule has 0 amide bonds. The zero-order valence-electron chi connectivity index (χ0n) is 13.6. The molecule has 0 N–H and O–H groups in total. The zero-order chi connectivity index (χ0) is 14.9. The van der Waals surface area contributed by atoms with Gasteiger partial charge in [0.25, 0.3) is 0 Å². The molecule has 4 nitrogen and oxygen atoms in total. The third-order valence-corrected chi connectivity index (χ3v) is 4.65. The molecule has 0 bridgehead atoms. The van der Waals surface area contributed by atoms with Crippen LogP contribution in [-0.4, -0.2) is 61.9 Å². The molecule has 1 atom stereocenters. The summed E-state index contributed by atoms with van der Waals surface area (Å²) in [4.78, 5) is 10.5. The van der Waals surface area contributed by atoms with Gasteiger partial charge in [-0.05, 0) is 39.2 Å². The number of hydrogen-bond donors (Lipinski definition) is 0. The van der Waals surface area contributed by atoms with Gasteiger partial charge < -0.3 is 14.6 Å². The molecular weight excluding hydrogens is 262 g/mol. The molecule has 0 aromatic heterocycles. The topological polar surface area (TPSA) is 28.1 Å². The van der Waals surface area contributed by atoms with Crippen LogP contribution in [0.1, 0.15) is 38.5 Å². The van der Waals surface area contributed by atoms with Crippen molar-refractivity contribution >= 4 is 5.71 Å². The Bertz CT molecular complexity index is 335. The van der Waals surface area contributed by atoms with Gasteiger partial charge in [0.15, 0.2) is 0 Å². The number of allylic oxidation sites excluding steroid dienone is 1. The summed E-state index contributed by atoms with van der Waals surface area (Å²) in [5, 5.41) is 4.42. The smallest absolute Gasteiger partial charge is 0.118 e. The number of nitrogens with zero attached hydrogens (tertiary/aromatic N) is 3. The van der Waals surface area contributed by atoms with Crippen molar-refractivity contribution in [3.63, 3.8) is 0 Å². The average Bonchev–Trinajstić information content (AvgIpc) is 2.51. The van der Waals surface area contributed by atoms with E-state index in [1.807, 2.05) is 6.08 Å². The molecule has 1 saturated heterocycles. The van der Waals surface area contributed by atoms with E-state index < -0.39 is 0 Å². The largest absolute Gasteiger partial charge is 0.396 e. The molecular formula is C17H31N3O. The van der Waals surface area contributed by atoms with Crippen LogP contribution in [0.15, 0.2) is 17.8 Å². The van der Waals surface area contributed by atoms with Crippen molar-refractivity contribution in [2.45, 2.75) is 38.5 Å². The maximum atomic E-state index is 5.58. The molecule has 120 valence electrons. The lowest BCUT2D eigenvalue weighted by atomic mass is 9.85. The Kier molecular flexibility index (Phi) is 7.24. The first-order chi connectivity index (χ1) is 10.3. The molecule has 0 aromatic carbocycles. The molecule has 1 saturated carbocycles. The van der Waals surface area contributed by atoms with E-state index >= 15 is 0 Å². The van der Waals surface area contributed by atoms with E-state index in [1.165, 1.54) is 51.2 Å². The van der Waals surface area contributed by atoms with Crippen LogP contribution in [0.4, 0.5) is 0 Å². The summed E-state index contributed by atoms with van der Waals surface area (Å²) in [6, 6.07) is 0. The Morgan fingerprint density at radius 3 is 2.86 bits per heavy atom. The van der Waals surface area contributed by atoms with E-state index in [1.54, 1.807) is 0 Å². The zero-order valence-corrected chi connectivity index (χ0v) is 13.6. The third-order valence-electron chi connectivity index (χ3n) is 4.65. The number of hydrogen-bond acceptors (Lipinski definition) is 4. The molecule has 1 aliphatic heterocycles. The molecule has 1 aliphatic carbocycles. The number of oxime groups is 1. The monoisotopic (exact) mass is 293 g/mol. The Balaban J connectivity index is 1.61. The number of rotatable bonds is 7. The quantitative estimate of drug-likeness (QED) is 0.410. The summed E-state index contributed by atoms with van der Waals surface area (Å²) in [5.74, 6) is 0.578. The van der Waals surface area contributed by atoms with Crippen LogP contribution in [0.3, 0.4) is 0 Å². The Morgan fingerprint density at radius 2 is 2.10 bits per heavy atom. The van der Waals surface area contributed by atoms with Gasteiger partial charge >= 0.3 is 0 Å². The Morgan fingerprint density at radius 1 is 1.29 bits per heavy atom. The lowest BCUT2D eigenvalue weighted by molar-refractivity contribution is 0.109. The van der Waals surface area contributed by atoms with E-state index in [9.17, 15) is 0 Å². The first-order valence-electron chi connectivity index (χ1n) is 8.50. The summed E-state index contributed by atoms with van der Waals surface area (Å²) in [5.41, 5.74) is 1.26. The lowest BCUT2D eigenvalue weighted by Crippen LogP contribution is -2.44. The van der Waals surface area contributed by atoms with Gasteiger partial charge in [-0.15, -0.1) is 6.58 Å². The average molecular weight is 293 g/mol. The van der Waals surface area contributed by atoms with E-state index in [2.05, 4.69) is 28.6 Å². The van der Waals surface area contributed by atoms with Crippen LogP contribution < -0.4 is 0 Å². The van der Waals surface area contributed by atoms with Gasteiger partial charge in [0.1, 0.15) is 6.61 Å². The predicted molar refractivity (Wildman–Crippen MR) is 88.7 cm³/mol. The fourth-order valence-corrected chi connectivity index (χ4v) is 3.20. The van der Waals surface area contributed by atoms with E-state index in [0.29, 0.717) is 5.92 Å². The van der Waals surface area contributed by atoms with Crippen molar-refractivity contribution in [3.05, 3.63) is 12.7 Å². The summed E-state index contributed by atoms with van der Waals surface area (Å²) in [6.45, 7) is 10.5. The molecule has 4 heteroatoms. The molecule has 2 fully saturated rings. The van der Waals surface area contributed by atoms with E-state index in [4.69, 9.17) is 4.84 Å². The standard InChI is InChI=1S/C17H31N3O/c1-3-7-16-8-4-5-9-17(16)18-21-15-6-10-20-13-11-19(2)12-14-20/h3,16H,1,4-15H2,2H3/b18-17+. The molecule has 0 spiro atoms. The second-order valence-corrected chi connectivity index (χ2v) is 6.38. The summed E-state index contributed by atoms with van der Waals surface area (Å²) in [6.07, 6.45) is 9.07. The number of likely N-dealkylation sites (N-methyl/N-ethyl adjacent to an activating group) is 1. The molecule has 1 heterocycles. The molecule has 2 aliphatic rings. The van der Waals surface area contributed by atoms with Crippen molar-refractivity contribution in [1.29, 1.82) is 0 Å². The molecule has 0 radical (unpaired) electrons. The van der Waals surface area contributed by atoms with Crippen molar-refractivity contribution in [1.82, 2.24) is 9.80 Å². The van der Waals surface area contributed by atoms with Gasteiger partial charge in [-0.1, -0.05) is 17.7 Å². The second kappa shape index (κ2) is 9.21. The van der Waals surface area contributed by atoms with Gasteiger partial charge in [-0.2, -0.15) is 0 Å². The maximum absolute atomic E-state index is 5.58. The highest BCUT2D eigenvalue weighted by atomic mass is 16.6. The van der Waals surface area contributed by atoms with Crippen molar-refractivity contribution in [2.24, 2.45) is 11.1 Å². The summed E-state index contributed by atoms with van der Waals surface area (Å²) in [7, 11) is 2.19. The van der Waals surface area contributed by atoms with Crippen molar-refractivity contribution < 1.29 is 4.84 Å². The minimum absolute atomic E-state index is 0.578. The van der Waals surface area contributed by atoms with E-state index in [0.717, 1.165) is 32.4 Å². The summed E-state index contributed by atoms with van der Waals surface area (Å²) < 4.78 is 0. The maximum Gasteiger partial charge on any atom is 0.118 e. The molecule has 1 unspecified atom stereocenters. The van der Waals surface area contributed by atoms with Crippen LogP contribution in [0.2, 0.25) is 0 Å². The fraction of sp³-hybridized carbons (Fsp3) is 0.824. The summed E-state index contributed by atoms with van der Waals surface area (Å²) >= 11 is 0. The minimum Gasteiger partial charge on any atom is -0.396 e. The SMILES string of the molecule is C=CCC1CCCC/C1=N\OCCCN1CCN(C)CC1. The molecule has 2 rings (SSSR count). The van der Waals surface area contributed by atoms with Crippen molar-refractivity contribution in [3.8, 4) is 0 Å². The van der Waals surface area contributed by atoms with Crippen LogP contribution in [0.25, 0.3) is 0 Å². The fourth-order valence-electron chi connectivity index (χ4n) is 3.20. The Labute approximate surface area is 129 Å².